The minimum atomic E-state index is -3.39. The summed E-state index contributed by atoms with van der Waals surface area (Å²) in [6.07, 6.45) is 1.04. The van der Waals surface area contributed by atoms with Crippen LogP contribution in [0.4, 0.5) is 19.3 Å². The summed E-state index contributed by atoms with van der Waals surface area (Å²) >= 11 is 0. The SMILES string of the molecule is CS(=O)(=O)Nc1cccc(CNC(=O)NCc2ccccc2OC(F)F)c1. The van der Waals surface area contributed by atoms with Crippen LogP contribution >= 0.6 is 0 Å². The molecule has 0 aliphatic carbocycles. The van der Waals surface area contributed by atoms with E-state index >= 15 is 0 Å². The third-order valence-corrected chi connectivity index (χ3v) is 3.92. The molecule has 0 aliphatic heterocycles. The van der Waals surface area contributed by atoms with Crippen molar-refractivity contribution >= 4 is 21.7 Å². The summed E-state index contributed by atoms with van der Waals surface area (Å²) < 4.78 is 54.0. The molecule has 0 atom stereocenters. The molecular formula is C17H19F2N3O4S. The van der Waals surface area contributed by atoms with Crippen molar-refractivity contribution in [1.82, 2.24) is 10.6 Å². The van der Waals surface area contributed by atoms with Crippen LogP contribution in [0.15, 0.2) is 48.5 Å². The first-order valence-electron chi connectivity index (χ1n) is 7.84. The number of carbonyl (C=O) groups is 1. The number of amides is 2. The van der Waals surface area contributed by atoms with E-state index in [1.54, 1.807) is 42.5 Å². The third-order valence-electron chi connectivity index (χ3n) is 3.31. The normalized spacial score (nSPS) is 11.1. The molecule has 0 saturated heterocycles. The van der Waals surface area contributed by atoms with E-state index in [-0.39, 0.29) is 18.8 Å². The maximum atomic E-state index is 12.4. The van der Waals surface area contributed by atoms with Gasteiger partial charge in [-0.3, -0.25) is 4.72 Å². The van der Waals surface area contributed by atoms with Crippen molar-refractivity contribution in [2.24, 2.45) is 0 Å². The van der Waals surface area contributed by atoms with Gasteiger partial charge in [0.2, 0.25) is 10.0 Å². The molecule has 3 N–H and O–H groups in total. The largest absolute Gasteiger partial charge is 0.434 e. The second kappa shape index (κ2) is 9.17. The first-order chi connectivity index (χ1) is 12.7. The van der Waals surface area contributed by atoms with Crippen molar-refractivity contribution in [2.45, 2.75) is 19.7 Å². The van der Waals surface area contributed by atoms with Crippen molar-refractivity contribution in [2.75, 3.05) is 11.0 Å². The van der Waals surface area contributed by atoms with Gasteiger partial charge in [0, 0.05) is 24.3 Å². The Balaban J connectivity index is 1.88. The van der Waals surface area contributed by atoms with Crippen LogP contribution in [-0.4, -0.2) is 27.3 Å². The first-order valence-corrected chi connectivity index (χ1v) is 9.73. The van der Waals surface area contributed by atoms with Gasteiger partial charge in [-0.1, -0.05) is 30.3 Å². The van der Waals surface area contributed by atoms with Gasteiger partial charge in [0.1, 0.15) is 5.75 Å². The van der Waals surface area contributed by atoms with Gasteiger partial charge in [-0.2, -0.15) is 8.78 Å². The lowest BCUT2D eigenvalue weighted by molar-refractivity contribution is -0.0504. The lowest BCUT2D eigenvalue weighted by Crippen LogP contribution is -2.34. The predicted molar refractivity (Wildman–Crippen MR) is 97.1 cm³/mol. The Labute approximate surface area is 155 Å². The maximum absolute atomic E-state index is 12.4. The number of alkyl halides is 2. The van der Waals surface area contributed by atoms with Crippen molar-refractivity contribution in [1.29, 1.82) is 0 Å². The molecule has 0 bridgehead atoms. The zero-order valence-corrected chi connectivity index (χ0v) is 15.2. The number of para-hydroxylation sites is 1. The predicted octanol–water partition coefficient (Wildman–Crippen LogP) is 2.66. The fourth-order valence-electron chi connectivity index (χ4n) is 2.24. The van der Waals surface area contributed by atoms with E-state index in [0.29, 0.717) is 16.8 Å². The molecule has 0 spiro atoms. The summed E-state index contributed by atoms with van der Waals surface area (Å²) in [7, 11) is -3.39. The van der Waals surface area contributed by atoms with E-state index in [2.05, 4.69) is 20.1 Å². The van der Waals surface area contributed by atoms with Crippen molar-refractivity contribution < 1.29 is 26.7 Å². The lowest BCUT2D eigenvalue weighted by atomic mass is 10.2. The van der Waals surface area contributed by atoms with E-state index in [4.69, 9.17) is 0 Å². The van der Waals surface area contributed by atoms with E-state index in [1.165, 1.54) is 6.07 Å². The van der Waals surface area contributed by atoms with Crippen molar-refractivity contribution in [3.8, 4) is 5.75 Å². The van der Waals surface area contributed by atoms with Gasteiger partial charge < -0.3 is 15.4 Å². The molecule has 7 nitrogen and oxygen atoms in total. The molecule has 146 valence electrons. The average Bonchev–Trinajstić information content (AvgIpc) is 2.57. The molecule has 27 heavy (non-hydrogen) atoms. The number of urea groups is 1. The summed E-state index contributed by atoms with van der Waals surface area (Å²) in [5.41, 5.74) is 1.47. The molecule has 2 aromatic carbocycles. The van der Waals surface area contributed by atoms with E-state index in [0.717, 1.165) is 6.26 Å². The van der Waals surface area contributed by atoms with Gasteiger partial charge in [-0.05, 0) is 23.8 Å². The van der Waals surface area contributed by atoms with Gasteiger partial charge in [0.05, 0.1) is 6.26 Å². The second-order valence-electron chi connectivity index (χ2n) is 5.60. The Morgan fingerprint density at radius 1 is 1.07 bits per heavy atom. The third kappa shape index (κ3) is 7.48. The molecule has 0 saturated carbocycles. The van der Waals surface area contributed by atoms with Crippen LogP contribution in [-0.2, 0) is 23.1 Å². The quantitative estimate of drug-likeness (QED) is 0.636. The van der Waals surface area contributed by atoms with Crippen molar-refractivity contribution in [3.05, 3.63) is 59.7 Å². The monoisotopic (exact) mass is 399 g/mol. The molecule has 0 aliphatic rings. The van der Waals surface area contributed by atoms with Gasteiger partial charge in [-0.15, -0.1) is 0 Å². The van der Waals surface area contributed by atoms with Crippen LogP contribution in [0.3, 0.4) is 0 Å². The number of hydrogen-bond donors (Lipinski definition) is 3. The van der Waals surface area contributed by atoms with Crippen LogP contribution in [0.5, 0.6) is 5.75 Å². The van der Waals surface area contributed by atoms with Gasteiger partial charge in [0.15, 0.2) is 0 Å². The topological polar surface area (TPSA) is 96.5 Å². The van der Waals surface area contributed by atoms with E-state index < -0.39 is 22.7 Å². The Morgan fingerprint density at radius 3 is 2.48 bits per heavy atom. The average molecular weight is 399 g/mol. The molecule has 0 heterocycles. The second-order valence-corrected chi connectivity index (χ2v) is 7.35. The zero-order valence-electron chi connectivity index (χ0n) is 14.4. The molecular weight excluding hydrogens is 380 g/mol. The Hall–Kier alpha value is -2.88. The Morgan fingerprint density at radius 2 is 1.78 bits per heavy atom. The molecule has 2 rings (SSSR count). The number of nitrogens with one attached hydrogen (secondary N) is 3. The highest BCUT2D eigenvalue weighted by atomic mass is 32.2. The van der Waals surface area contributed by atoms with Crippen molar-refractivity contribution in [3.63, 3.8) is 0 Å². The minimum absolute atomic E-state index is 0.00437. The summed E-state index contributed by atoms with van der Waals surface area (Å²) in [5, 5.41) is 5.15. The van der Waals surface area contributed by atoms with Crippen LogP contribution < -0.4 is 20.1 Å². The molecule has 0 aromatic heterocycles. The maximum Gasteiger partial charge on any atom is 0.387 e. The molecule has 0 fully saturated rings. The van der Waals surface area contributed by atoms with Crippen LogP contribution in [0.2, 0.25) is 0 Å². The van der Waals surface area contributed by atoms with Crippen LogP contribution in [0.1, 0.15) is 11.1 Å². The minimum Gasteiger partial charge on any atom is -0.434 e. The lowest BCUT2D eigenvalue weighted by Gasteiger charge is -2.12. The van der Waals surface area contributed by atoms with E-state index in [9.17, 15) is 22.0 Å². The van der Waals surface area contributed by atoms with Gasteiger partial charge >= 0.3 is 12.6 Å². The molecule has 10 heteroatoms. The number of hydrogen-bond acceptors (Lipinski definition) is 4. The number of halogens is 2. The van der Waals surface area contributed by atoms with Crippen LogP contribution in [0.25, 0.3) is 0 Å². The van der Waals surface area contributed by atoms with Gasteiger partial charge in [0.25, 0.3) is 0 Å². The fourth-order valence-corrected chi connectivity index (χ4v) is 2.80. The molecule has 0 unspecified atom stereocenters. The molecule has 2 aromatic rings. The highest BCUT2D eigenvalue weighted by Crippen LogP contribution is 2.19. The molecule has 2 amide bonds. The highest BCUT2D eigenvalue weighted by molar-refractivity contribution is 7.92. The summed E-state index contributed by atoms with van der Waals surface area (Å²) in [6, 6.07) is 12.2. The number of anilines is 1. The standard InChI is InChI=1S/C17H19F2N3O4S/c1-27(24,25)22-14-7-4-5-12(9-14)10-20-17(23)21-11-13-6-2-3-8-15(13)26-16(18)19/h2-9,16,22H,10-11H2,1H3,(H2,20,21,23). The smallest absolute Gasteiger partial charge is 0.387 e. The highest BCUT2D eigenvalue weighted by Gasteiger charge is 2.10. The Kier molecular flexibility index (Phi) is 6.94. The number of rotatable bonds is 8. The number of sulfonamides is 1. The zero-order chi connectivity index (χ0) is 19.9. The number of ether oxygens (including phenoxy) is 1. The van der Waals surface area contributed by atoms with E-state index in [1.807, 2.05) is 0 Å². The number of carbonyl (C=O) groups excluding carboxylic acids is 1. The van der Waals surface area contributed by atoms with Gasteiger partial charge in [-0.25, -0.2) is 13.2 Å². The summed E-state index contributed by atoms with van der Waals surface area (Å²) in [6.45, 7) is -2.79. The first kappa shape index (κ1) is 20.4. The molecule has 0 radical (unpaired) electrons. The summed E-state index contributed by atoms with van der Waals surface area (Å²) in [4.78, 5) is 11.9. The fraction of sp³-hybridized carbons (Fsp3) is 0.235. The Bertz CT molecular complexity index is 891. The van der Waals surface area contributed by atoms with Crippen LogP contribution in [0, 0.1) is 0 Å². The summed E-state index contributed by atoms with van der Waals surface area (Å²) in [5.74, 6) is -0.00708. The number of benzene rings is 2.